The molecule has 1 amide bonds. The maximum Gasteiger partial charge on any atom is 0.255 e. The minimum atomic E-state index is -0.764. The number of nitrogens with one attached hydrogen (secondary N) is 1. The third-order valence-electron chi connectivity index (χ3n) is 3.23. The van der Waals surface area contributed by atoms with E-state index in [2.05, 4.69) is 26.3 Å². The highest BCUT2D eigenvalue weighted by Gasteiger charge is 2.35. The molecule has 6 nitrogen and oxygen atoms in total. The van der Waals surface area contributed by atoms with Gasteiger partial charge in [0.1, 0.15) is 11.9 Å². The molecular formula is C12H15N5O. The Hall–Kier alpha value is -2.00. The number of nitrogens with zero attached hydrogens (tertiary/aromatic N) is 4. The van der Waals surface area contributed by atoms with Gasteiger partial charge in [0.05, 0.1) is 11.6 Å². The lowest BCUT2D eigenvalue weighted by molar-refractivity contribution is 0.0881. The monoisotopic (exact) mass is 245 g/mol. The summed E-state index contributed by atoms with van der Waals surface area (Å²) in [7, 11) is 2.01. The average Bonchev–Trinajstić information content (AvgIpc) is 2.43. The van der Waals surface area contributed by atoms with Crippen LogP contribution in [-0.2, 0) is 0 Å². The van der Waals surface area contributed by atoms with Crippen molar-refractivity contribution < 1.29 is 4.79 Å². The molecule has 1 aliphatic heterocycles. The second-order valence-corrected chi connectivity index (χ2v) is 4.58. The van der Waals surface area contributed by atoms with Crippen molar-refractivity contribution in [2.75, 3.05) is 20.1 Å². The van der Waals surface area contributed by atoms with Crippen molar-refractivity contribution in [1.29, 1.82) is 5.26 Å². The van der Waals surface area contributed by atoms with Crippen LogP contribution < -0.4 is 5.32 Å². The van der Waals surface area contributed by atoms with Gasteiger partial charge in [-0.3, -0.25) is 4.79 Å². The molecule has 0 bridgehead atoms. The zero-order valence-electron chi connectivity index (χ0n) is 10.3. The Bertz CT molecular complexity index is 459. The van der Waals surface area contributed by atoms with Gasteiger partial charge in [-0.1, -0.05) is 0 Å². The maximum absolute atomic E-state index is 12.0. The Labute approximate surface area is 106 Å². The van der Waals surface area contributed by atoms with Crippen LogP contribution in [0.1, 0.15) is 23.2 Å². The summed E-state index contributed by atoms with van der Waals surface area (Å²) < 4.78 is 0. The smallest absolute Gasteiger partial charge is 0.255 e. The van der Waals surface area contributed by atoms with Crippen LogP contribution in [0, 0.1) is 11.3 Å². The van der Waals surface area contributed by atoms with E-state index in [-0.39, 0.29) is 5.91 Å². The summed E-state index contributed by atoms with van der Waals surface area (Å²) in [5, 5.41) is 12.1. The molecule has 0 aromatic carbocycles. The van der Waals surface area contributed by atoms with Crippen LogP contribution in [0.5, 0.6) is 0 Å². The first-order valence-electron chi connectivity index (χ1n) is 5.82. The number of hydrogen-bond acceptors (Lipinski definition) is 5. The third kappa shape index (κ3) is 2.63. The molecule has 0 unspecified atom stereocenters. The molecule has 1 aromatic rings. The highest BCUT2D eigenvalue weighted by atomic mass is 16.1. The van der Waals surface area contributed by atoms with Gasteiger partial charge >= 0.3 is 0 Å². The lowest BCUT2D eigenvalue weighted by Crippen LogP contribution is -2.53. The zero-order valence-corrected chi connectivity index (χ0v) is 10.3. The second-order valence-electron chi connectivity index (χ2n) is 4.58. The van der Waals surface area contributed by atoms with E-state index in [1.807, 2.05) is 7.05 Å². The predicted molar refractivity (Wildman–Crippen MR) is 64.6 cm³/mol. The van der Waals surface area contributed by atoms with E-state index in [1.165, 1.54) is 18.7 Å². The molecule has 0 saturated carbocycles. The first kappa shape index (κ1) is 12.5. The Kier molecular flexibility index (Phi) is 3.53. The molecule has 2 rings (SSSR count). The summed E-state index contributed by atoms with van der Waals surface area (Å²) >= 11 is 0. The van der Waals surface area contributed by atoms with Gasteiger partial charge in [-0.15, -0.1) is 0 Å². The van der Waals surface area contributed by atoms with Crippen molar-refractivity contribution in [3.63, 3.8) is 0 Å². The van der Waals surface area contributed by atoms with Gasteiger partial charge in [-0.25, -0.2) is 9.97 Å². The van der Waals surface area contributed by atoms with Gasteiger partial charge in [0.15, 0.2) is 0 Å². The quantitative estimate of drug-likeness (QED) is 0.804. The summed E-state index contributed by atoms with van der Waals surface area (Å²) in [5.41, 5.74) is -0.384. The van der Waals surface area contributed by atoms with E-state index in [1.54, 1.807) is 0 Å². The molecule has 1 fully saturated rings. The van der Waals surface area contributed by atoms with Crippen LogP contribution in [-0.4, -0.2) is 46.5 Å². The van der Waals surface area contributed by atoms with E-state index in [4.69, 9.17) is 0 Å². The highest BCUT2D eigenvalue weighted by Crippen LogP contribution is 2.21. The Balaban J connectivity index is 2.08. The van der Waals surface area contributed by atoms with Crippen LogP contribution in [0.25, 0.3) is 0 Å². The SMILES string of the molecule is CN1CCC(C#N)(NC(=O)c2cncnc2)CC1. The summed E-state index contributed by atoms with van der Waals surface area (Å²) in [4.78, 5) is 21.7. The topological polar surface area (TPSA) is 81.9 Å². The number of carbonyl (C=O) groups is 1. The van der Waals surface area contributed by atoms with Crippen molar-refractivity contribution in [2.45, 2.75) is 18.4 Å². The number of aromatic nitrogens is 2. The highest BCUT2D eigenvalue weighted by molar-refractivity contribution is 5.94. The lowest BCUT2D eigenvalue weighted by atomic mass is 9.89. The van der Waals surface area contributed by atoms with Gasteiger partial charge in [0.25, 0.3) is 5.91 Å². The van der Waals surface area contributed by atoms with E-state index < -0.39 is 5.54 Å². The first-order valence-corrected chi connectivity index (χ1v) is 5.82. The van der Waals surface area contributed by atoms with Crippen molar-refractivity contribution in [2.24, 2.45) is 0 Å². The van der Waals surface area contributed by atoms with E-state index in [9.17, 15) is 10.1 Å². The van der Waals surface area contributed by atoms with Gasteiger partial charge in [0.2, 0.25) is 0 Å². The fraction of sp³-hybridized carbons (Fsp3) is 0.500. The number of piperidine rings is 1. The standard InChI is InChI=1S/C12H15N5O/c1-17-4-2-12(8-13,3-5-17)16-11(18)10-6-14-9-15-7-10/h6-7,9H,2-5H2,1H3,(H,16,18). The molecule has 1 N–H and O–H groups in total. The van der Waals surface area contributed by atoms with Crippen molar-refractivity contribution in [3.8, 4) is 6.07 Å². The van der Waals surface area contributed by atoms with Crippen molar-refractivity contribution in [1.82, 2.24) is 20.2 Å². The number of amides is 1. The second kappa shape index (κ2) is 5.10. The van der Waals surface area contributed by atoms with Gasteiger partial charge in [-0.05, 0) is 19.9 Å². The van der Waals surface area contributed by atoms with Crippen LogP contribution in [0.2, 0.25) is 0 Å². The Morgan fingerprint density at radius 2 is 2.06 bits per heavy atom. The molecule has 1 saturated heterocycles. The van der Waals surface area contributed by atoms with E-state index in [0.717, 1.165) is 13.1 Å². The summed E-state index contributed by atoms with van der Waals surface area (Å²) in [5.74, 6) is -0.290. The number of likely N-dealkylation sites (tertiary alicyclic amines) is 1. The fourth-order valence-electron chi connectivity index (χ4n) is 1.97. The third-order valence-corrected chi connectivity index (χ3v) is 3.23. The van der Waals surface area contributed by atoms with Crippen molar-refractivity contribution in [3.05, 3.63) is 24.3 Å². The minimum absolute atomic E-state index is 0.290. The molecule has 1 aliphatic rings. The largest absolute Gasteiger partial charge is 0.334 e. The number of rotatable bonds is 2. The lowest BCUT2D eigenvalue weighted by Gasteiger charge is -2.35. The molecule has 94 valence electrons. The molecule has 0 spiro atoms. The molecule has 0 aliphatic carbocycles. The average molecular weight is 245 g/mol. The molecule has 0 atom stereocenters. The van der Waals surface area contributed by atoms with E-state index >= 15 is 0 Å². The van der Waals surface area contributed by atoms with Gasteiger partial charge < -0.3 is 10.2 Å². The van der Waals surface area contributed by atoms with Crippen LogP contribution in [0.15, 0.2) is 18.7 Å². The predicted octanol–water partition coefficient (Wildman–Crippen LogP) is 0.194. The summed E-state index contributed by atoms with van der Waals surface area (Å²) in [6.45, 7) is 1.61. The number of carbonyl (C=O) groups excluding carboxylic acids is 1. The molecular weight excluding hydrogens is 230 g/mol. The molecule has 1 aromatic heterocycles. The maximum atomic E-state index is 12.0. The summed E-state index contributed by atoms with van der Waals surface area (Å²) in [6.07, 6.45) is 5.54. The van der Waals surface area contributed by atoms with Crippen molar-refractivity contribution >= 4 is 5.91 Å². The fourth-order valence-corrected chi connectivity index (χ4v) is 1.97. The van der Waals surface area contributed by atoms with Crippen LogP contribution >= 0.6 is 0 Å². The molecule has 0 radical (unpaired) electrons. The van der Waals surface area contributed by atoms with Crippen LogP contribution in [0.3, 0.4) is 0 Å². The minimum Gasteiger partial charge on any atom is -0.334 e. The molecule has 2 heterocycles. The first-order chi connectivity index (χ1) is 8.65. The zero-order chi connectivity index (χ0) is 13.0. The number of nitriles is 1. The van der Waals surface area contributed by atoms with E-state index in [0.29, 0.717) is 18.4 Å². The van der Waals surface area contributed by atoms with Crippen LogP contribution in [0.4, 0.5) is 0 Å². The Morgan fingerprint density at radius 3 is 2.61 bits per heavy atom. The Morgan fingerprint density at radius 1 is 1.44 bits per heavy atom. The normalized spacial score (nSPS) is 18.9. The summed E-state index contributed by atoms with van der Waals surface area (Å²) in [6, 6.07) is 2.24. The number of hydrogen-bond donors (Lipinski definition) is 1. The van der Waals surface area contributed by atoms with Gasteiger partial charge in [-0.2, -0.15) is 5.26 Å². The molecule has 6 heteroatoms. The molecule has 18 heavy (non-hydrogen) atoms. The van der Waals surface area contributed by atoms with Gasteiger partial charge in [0, 0.05) is 25.5 Å².